The molecule has 0 aliphatic rings. The van der Waals surface area contributed by atoms with E-state index in [0.717, 1.165) is 4.68 Å². The highest BCUT2D eigenvalue weighted by Crippen LogP contribution is 2.20. The van der Waals surface area contributed by atoms with Gasteiger partial charge in [0.25, 0.3) is 5.91 Å². The fourth-order valence-corrected chi connectivity index (χ4v) is 1.50. The van der Waals surface area contributed by atoms with E-state index in [-0.39, 0.29) is 5.69 Å². The monoisotopic (exact) mass is 270 g/mol. The maximum atomic E-state index is 12.2. The molecule has 2 heterocycles. The molecule has 100 valence electrons. The molecule has 0 aromatic carbocycles. The second-order valence-electron chi connectivity index (χ2n) is 3.81. The highest BCUT2D eigenvalue weighted by atomic mass is 19.4. The Morgan fingerprint density at radius 3 is 2.74 bits per heavy atom. The van der Waals surface area contributed by atoms with Crippen LogP contribution in [0.5, 0.6) is 0 Å². The molecule has 19 heavy (non-hydrogen) atoms. The van der Waals surface area contributed by atoms with Crippen LogP contribution in [-0.2, 0) is 6.54 Å². The third kappa shape index (κ3) is 3.30. The third-order valence-electron chi connectivity index (χ3n) is 2.27. The summed E-state index contributed by atoms with van der Waals surface area (Å²) in [6, 6.07) is 4.52. The van der Waals surface area contributed by atoms with Crippen LogP contribution >= 0.6 is 0 Å². The minimum Gasteiger partial charge on any atom is -0.364 e. The van der Waals surface area contributed by atoms with E-state index >= 15 is 0 Å². The first-order chi connectivity index (χ1) is 8.85. The summed E-state index contributed by atoms with van der Waals surface area (Å²) in [6.07, 6.45) is -1.88. The number of amides is 1. The molecule has 0 aliphatic heterocycles. The largest absolute Gasteiger partial charge is 0.408 e. The molecule has 0 unspecified atom stereocenters. The first kappa shape index (κ1) is 13.1. The van der Waals surface area contributed by atoms with Gasteiger partial charge in [-0.1, -0.05) is 6.07 Å². The van der Waals surface area contributed by atoms with Crippen molar-refractivity contribution >= 4 is 5.91 Å². The van der Waals surface area contributed by atoms with E-state index in [2.05, 4.69) is 10.1 Å². The molecule has 0 radical (unpaired) electrons. The van der Waals surface area contributed by atoms with Gasteiger partial charge in [-0.2, -0.15) is 18.3 Å². The fraction of sp³-hybridized carbons (Fsp3) is 0.182. The Morgan fingerprint density at radius 1 is 1.37 bits per heavy atom. The predicted octanol–water partition coefficient (Wildman–Crippen LogP) is 1.61. The lowest BCUT2D eigenvalue weighted by molar-refractivity contribution is -0.142. The van der Waals surface area contributed by atoms with E-state index < -0.39 is 18.6 Å². The van der Waals surface area contributed by atoms with E-state index in [4.69, 9.17) is 5.73 Å². The standard InChI is InChI=1S/C11H9F3N4O/c12-11(13,14)6-18-5-7(4-16-18)8-2-1-3-9(17-8)10(15)19/h1-5H,6H2,(H2,15,19). The molecule has 0 bridgehead atoms. The fourth-order valence-electron chi connectivity index (χ4n) is 1.50. The molecule has 0 atom stereocenters. The quantitative estimate of drug-likeness (QED) is 0.920. The van der Waals surface area contributed by atoms with Crippen molar-refractivity contribution in [3.05, 3.63) is 36.3 Å². The molecule has 1 amide bonds. The molecular weight excluding hydrogens is 261 g/mol. The normalized spacial score (nSPS) is 11.5. The van der Waals surface area contributed by atoms with Crippen LogP contribution in [0.2, 0.25) is 0 Å². The summed E-state index contributed by atoms with van der Waals surface area (Å²) < 4.78 is 37.3. The maximum absolute atomic E-state index is 12.2. The van der Waals surface area contributed by atoms with E-state index in [1.54, 1.807) is 12.1 Å². The summed E-state index contributed by atoms with van der Waals surface area (Å²) in [6.45, 7) is -1.18. The van der Waals surface area contributed by atoms with Crippen molar-refractivity contribution in [2.24, 2.45) is 5.73 Å². The van der Waals surface area contributed by atoms with Gasteiger partial charge in [0.1, 0.15) is 12.2 Å². The zero-order chi connectivity index (χ0) is 14.0. The molecule has 5 nitrogen and oxygen atoms in total. The lowest BCUT2D eigenvalue weighted by Gasteiger charge is -2.05. The molecule has 0 aliphatic carbocycles. The minimum atomic E-state index is -4.34. The van der Waals surface area contributed by atoms with Gasteiger partial charge >= 0.3 is 6.18 Å². The summed E-state index contributed by atoms with van der Waals surface area (Å²) in [4.78, 5) is 14.9. The number of hydrogen-bond acceptors (Lipinski definition) is 3. The van der Waals surface area contributed by atoms with Crippen LogP contribution in [0.1, 0.15) is 10.5 Å². The van der Waals surface area contributed by atoms with Crippen molar-refractivity contribution in [1.82, 2.24) is 14.8 Å². The van der Waals surface area contributed by atoms with E-state index in [9.17, 15) is 18.0 Å². The molecule has 2 aromatic heterocycles. The number of rotatable bonds is 3. The summed E-state index contributed by atoms with van der Waals surface area (Å²) in [5, 5.41) is 3.59. The molecule has 0 saturated heterocycles. The van der Waals surface area contributed by atoms with Gasteiger partial charge in [-0.05, 0) is 12.1 Å². The number of alkyl halides is 3. The number of carbonyl (C=O) groups excluding carboxylic acids is 1. The van der Waals surface area contributed by atoms with Crippen molar-refractivity contribution in [1.29, 1.82) is 0 Å². The number of carbonyl (C=O) groups is 1. The van der Waals surface area contributed by atoms with E-state index in [0.29, 0.717) is 11.3 Å². The van der Waals surface area contributed by atoms with Gasteiger partial charge in [-0.15, -0.1) is 0 Å². The SMILES string of the molecule is NC(=O)c1cccc(-c2cnn(CC(F)(F)F)c2)n1. The zero-order valence-electron chi connectivity index (χ0n) is 9.55. The smallest absolute Gasteiger partial charge is 0.364 e. The van der Waals surface area contributed by atoms with Gasteiger partial charge in [0.05, 0.1) is 11.9 Å². The average Bonchev–Trinajstić information content (AvgIpc) is 2.75. The molecule has 2 rings (SSSR count). The lowest BCUT2D eigenvalue weighted by atomic mass is 10.2. The number of primary amides is 1. The Balaban J connectivity index is 2.28. The first-order valence-corrected chi connectivity index (χ1v) is 5.21. The Kier molecular flexibility index (Phi) is 3.24. The number of pyridine rings is 1. The third-order valence-corrected chi connectivity index (χ3v) is 2.27. The molecule has 2 N–H and O–H groups in total. The summed E-state index contributed by atoms with van der Waals surface area (Å²) in [5.74, 6) is -0.704. The van der Waals surface area contributed by atoms with Crippen LogP contribution in [0.15, 0.2) is 30.6 Å². The second-order valence-corrected chi connectivity index (χ2v) is 3.81. The Morgan fingerprint density at radius 2 is 2.11 bits per heavy atom. The summed E-state index contributed by atoms with van der Waals surface area (Å²) >= 11 is 0. The molecule has 2 aromatic rings. The van der Waals surface area contributed by atoms with E-state index in [1.807, 2.05) is 0 Å². The zero-order valence-corrected chi connectivity index (χ0v) is 9.55. The number of nitrogens with zero attached hydrogens (tertiary/aromatic N) is 3. The topological polar surface area (TPSA) is 73.8 Å². The number of halogens is 3. The van der Waals surface area contributed by atoms with Crippen LogP contribution in [0, 0.1) is 0 Å². The first-order valence-electron chi connectivity index (χ1n) is 5.21. The van der Waals surface area contributed by atoms with Crippen LogP contribution in [0.25, 0.3) is 11.3 Å². The number of nitrogens with two attached hydrogens (primary N) is 1. The summed E-state index contributed by atoms with van der Waals surface area (Å²) in [7, 11) is 0. The van der Waals surface area contributed by atoms with Crippen LogP contribution in [0.4, 0.5) is 13.2 Å². The average molecular weight is 270 g/mol. The number of aromatic nitrogens is 3. The van der Waals surface area contributed by atoms with Gasteiger partial charge < -0.3 is 5.73 Å². The Bertz CT molecular complexity index is 606. The molecule has 8 heteroatoms. The van der Waals surface area contributed by atoms with Gasteiger partial charge in [0.15, 0.2) is 0 Å². The Labute approximate surface area is 105 Å². The van der Waals surface area contributed by atoms with Gasteiger partial charge in [-0.3, -0.25) is 9.48 Å². The van der Waals surface area contributed by atoms with Crippen molar-refractivity contribution in [2.45, 2.75) is 12.7 Å². The molecule has 0 fully saturated rings. The van der Waals surface area contributed by atoms with Crippen molar-refractivity contribution in [2.75, 3.05) is 0 Å². The summed E-state index contributed by atoms with van der Waals surface area (Å²) in [5.41, 5.74) is 5.84. The molecule has 0 spiro atoms. The van der Waals surface area contributed by atoms with E-state index in [1.165, 1.54) is 18.5 Å². The highest BCUT2D eigenvalue weighted by molar-refractivity contribution is 5.91. The molecular formula is C11H9F3N4O. The van der Waals surface area contributed by atoms with Gasteiger partial charge in [0, 0.05) is 11.8 Å². The predicted molar refractivity (Wildman–Crippen MR) is 60.0 cm³/mol. The van der Waals surface area contributed by atoms with Crippen LogP contribution in [-0.4, -0.2) is 26.8 Å². The molecule has 0 saturated carbocycles. The van der Waals surface area contributed by atoms with Crippen molar-refractivity contribution < 1.29 is 18.0 Å². The number of hydrogen-bond donors (Lipinski definition) is 1. The van der Waals surface area contributed by atoms with Crippen LogP contribution < -0.4 is 5.73 Å². The maximum Gasteiger partial charge on any atom is 0.408 e. The second kappa shape index (κ2) is 4.71. The highest BCUT2D eigenvalue weighted by Gasteiger charge is 2.28. The van der Waals surface area contributed by atoms with Crippen molar-refractivity contribution in [3.8, 4) is 11.3 Å². The lowest BCUT2D eigenvalue weighted by Crippen LogP contribution is -2.17. The minimum absolute atomic E-state index is 0.0427. The van der Waals surface area contributed by atoms with Gasteiger partial charge in [-0.25, -0.2) is 4.98 Å². The van der Waals surface area contributed by atoms with Crippen molar-refractivity contribution in [3.63, 3.8) is 0 Å². The van der Waals surface area contributed by atoms with Crippen LogP contribution in [0.3, 0.4) is 0 Å². The van der Waals surface area contributed by atoms with Gasteiger partial charge in [0.2, 0.25) is 0 Å². The Hall–Kier alpha value is -2.38.